The molecule has 0 aliphatic carbocycles. The molecule has 0 unspecified atom stereocenters. The van der Waals surface area contributed by atoms with Crippen molar-refractivity contribution >= 4 is 39.3 Å². The smallest absolute Gasteiger partial charge is 0.348 e. The molecule has 1 amide bonds. The third-order valence-corrected chi connectivity index (χ3v) is 6.17. The molecule has 0 aliphatic heterocycles. The van der Waals surface area contributed by atoms with Crippen LogP contribution >= 0.6 is 11.8 Å². The predicted octanol–water partition coefficient (Wildman–Crippen LogP) is 6.76. The number of carbonyl (C=O) groups excluding carboxylic acids is 1. The van der Waals surface area contributed by atoms with Crippen molar-refractivity contribution in [2.24, 2.45) is 0 Å². The van der Waals surface area contributed by atoms with Crippen molar-refractivity contribution in [2.75, 3.05) is 5.75 Å². The molecular formula is C25H21F3N2OS. The largest absolute Gasteiger partial charge is 0.416 e. The van der Waals surface area contributed by atoms with Gasteiger partial charge in [-0.1, -0.05) is 49.4 Å². The lowest BCUT2D eigenvalue weighted by molar-refractivity contribution is -0.137. The summed E-state index contributed by atoms with van der Waals surface area (Å²) in [5, 5.41) is 6.13. The second-order valence-corrected chi connectivity index (χ2v) is 8.70. The van der Waals surface area contributed by atoms with Gasteiger partial charge in [0.1, 0.15) is 5.03 Å². The van der Waals surface area contributed by atoms with Crippen LogP contribution in [0.2, 0.25) is 0 Å². The third-order valence-electron chi connectivity index (χ3n) is 5.31. The summed E-state index contributed by atoms with van der Waals surface area (Å²) in [6.07, 6.45) is -4.45. The van der Waals surface area contributed by atoms with Crippen LogP contribution in [0.5, 0.6) is 0 Å². The number of fused-ring (bicyclic) bond motifs is 2. The summed E-state index contributed by atoms with van der Waals surface area (Å²) in [5.41, 5.74) is 1.47. The summed E-state index contributed by atoms with van der Waals surface area (Å²) in [4.78, 5) is 17.5. The van der Waals surface area contributed by atoms with Crippen LogP contribution in [0.4, 0.5) is 13.2 Å². The third kappa shape index (κ3) is 4.43. The second-order valence-electron chi connectivity index (χ2n) is 7.44. The molecule has 1 aromatic heterocycles. The number of carbonyl (C=O) groups is 1. The first-order valence-corrected chi connectivity index (χ1v) is 11.2. The van der Waals surface area contributed by atoms with Crippen LogP contribution in [-0.4, -0.2) is 16.6 Å². The fourth-order valence-electron chi connectivity index (χ4n) is 3.71. The monoisotopic (exact) mass is 454 g/mol. The van der Waals surface area contributed by atoms with E-state index in [1.54, 1.807) is 6.92 Å². The molecule has 164 valence electrons. The Bertz CT molecular complexity index is 1320. The molecule has 4 rings (SSSR count). The Balaban J connectivity index is 1.67. The number of aromatic nitrogens is 1. The number of halogens is 3. The molecule has 0 radical (unpaired) electrons. The maximum atomic E-state index is 13.1. The average molecular weight is 455 g/mol. The van der Waals surface area contributed by atoms with E-state index in [0.29, 0.717) is 33.8 Å². The van der Waals surface area contributed by atoms with Crippen molar-refractivity contribution in [1.82, 2.24) is 10.3 Å². The van der Waals surface area contributed by atoms with Crippen LogP contribution in [0.3, 0.4) is 0 Å². The zero-order valence-corrected chi connectivity index (χ0v) is 18.4. The number of hydrogen-bond acceptors (Lipinski definition) is 3. The first kappa shape index (κ1) is 22.1. The molecule has 3 aromatic carbocycles. The van der Waals surface area contributed by atoms with Crippen molar-refractivity contribution < 1.29 is 18.0 Å². The van der Waals surface area contributed by atoms with Gasteiger partial charge in [-0.05, 0) is 52.8 Å². The molecule has 0 fully saturated rings. The molecule has 0 saturated heterocycles. The molecule has 0 aliphatic rings. The molecule has 1 N–H and O–H groups in total. The van der Waals surface area contributed by atoms with E-state index >= 15 is 0 Å². The number of thioether (sulfide) groups is 1. The van der Waals surface area contributed by atoms with Crippen LogP contribution < -0.4 is 5.32 Å². The number of aryl methyl sites for hydroxylation is 1. The Morgan fingerprint density at radius 1 is 1.03 bits per heavy atom. The Hall–Kier alpha value is -3.06. The molecule has 32 heavy (non-hydrogen) atoms. The number of amides is 1. The van der Waals surface area contributed by atoms with E-state index in [9.17, 15) is 18.0 Å². The summed E-state index contributed by atoms with van der Waals surface area (Å²) in [5.74, 6) is 0.350. The van der Waals surface area contributed by atoms with Crippen LogP contribution in [0.1, 0.15) is 34.0 Å². The molecule has 0 bridgehead atoms. The van der Waals surface area contributed by atoms with E-state index in [2.05, 4.69) is 10.3 Å². The summed E-state index contributed by atoms with van der Waals surface area (Å²) < 4.78 is 39.4. The zero-order valence-electron chi connectivity index (χ0n) is 17.6. The highest BCUT2D eigenvalue weighted by molar-refractivity contribution is 7.99. The van der Waals surface area contributed by atoms with Gasteiger partial charge in [0.05, 0.1) is 16.6 Å². The number of nitrogens with one attached hydrogen (secondary N) is 1. The molecular weight excluding hydrogens is 433 g/mol. The van der Waals surface area contributed by atoms with Crippen LogP contribution in [0.15, 0.2) is 65.7 Å². The predicted molar refractivity (Wildman–Crippen MR) is 123 cm³/mol. The van der Waals surface area contributed by atoms with Gasteiger partial charge in [0.2, 0.25) is 0 Å². The molecule has 1 heterocycles. The van der Waals surface area contributed by atoms with Crippen molar-refractivity contribution in [3.05, 3.63) is 82.9 Å². The number of pyridine rings is 1. The quantitative estimate of drug-likeness (QED) is 0.339. The molecule has 0 spiro atoms. The highest BCUT2D eigenvalue weighted by Gasteiger charge is 2.31. The van der Waals surface area contributed by atoms with Gasteiger partial charge >= 0.3 is 6.18 Å². The Labute approximate surface area is 188 Å². The van der Waals surface area contributed by atoms with Gasteiger partial charge in [0.15, 0.2) is 0 Å². The molecule has 0 saturated carbocycles. The summed E-state index contributed by atoms with van der Waals surface area (Å²) in [7, 11) is 0. The van der Waals surface area contributed by atoms with E-state index in [0.717, 1.165) is 28.5 Å². The van der Waals surface area contributed by atoms with E-state index in [-0.39, 0.29) is 11.4 Å². The minimum atomic E-state index is -4.45. The van der Waals surface area contributed by atoms with Crippen LogP contribution in [0.25, 0.3) is 21.7 Å². The average Bonchev–Trinajstić information content (AvgIpc) is 2.77. The van der Waals surface area contributed by atoms with Crippen LogP contribution in [-0.2, 0) is 12.7 Å². The number of rotatable bonds is 5. The van der Waals surface area contributed by atoms with Gasteiger partial charge in [0.25, 0.3) is 5.91 Å². The second kappa shape index (κ2) is 8.82. The first-order chi connectivity index (χ1) is 15.3. The van der Waals surface area contributed by atoms with Gasteiger partial charge in [-0.25, -0.2) is 4.98 Å². The Morgan fingerprint density at radius 2 is 1.78 bits per heavy atom. The minimum absolute atomic E-state index is 0.236. The standard InChI is InChI=1S/C25H21F3N2OS/c1-3-32-24-22(15(2)20-11-10-19(25(26,27)28)13-21(20)30-24)23(31)29-14-16-8-9-17-6-4-5-7-18(17)12-16/h4-13H,3,14H2,1-2H3,(H,29,31). The van der Waals surface area contributed by atoms with Crippen molar-refractivity contribution in [3.63, 3.8) is 0 Å². The molecule has 7 heteroatoms. The number of nitrogens with zero attached hydrogens (tertiary/aromatic N) is 1. The minimum Gasteiger partial charge on any atom is -0.348 e. The van der Waals surface area contributed by atoms with Crippen molar-refractivity contribution in [2.45, 2.75) is 31.6 Å². The lowest BCUT2D eigenvalue weighted by atomic mass is 10.0. The van der Waals surface area contributed by atoms with E-state index in [4.69, 9.17) is 0 Å². The van der Waals surface area contributed by atoms with E-state index in [1.807, 2.05) is 49.4 Å². The normalized spacial score (nSPS) is 11.8. The van der Waals surface area contributed by atoms with E-state index < -0.39 is 11.7 Å². The van der Waals surface area contributed by atoms with Gasteiger partial charge in [-0.2, -0.15) is 13.2 Å². The lowest BCUT2D eigenvalue weighted by Crippen LogP contribution is -2.25. The highest BCUT2D eigenvalue weighted by atomic mass is 32.2. The number of alkyl halides is 3. The topological polar surface area (TPSA) is 42.0 Å². The van der Waals surface area contributed by atoms with Gasteiger partial charge in [0, 0.05) is 11.9 Å². The van der Waals surface area contributed by atoms with Gasteiger partial charge in [-0.15, -0.1) is 11.8 Å². The molecule has 4 aromatic rings. The fourth-order valence-corrected chi connectivity index (χ4v) is 4.53. The van der Waals surface area contributed by atoms with Crippen molar-refractivity contribution in [3.8, 4) is 0 Å². The maximum Gasteiger partial charge on any atom is 0.416 e. The van der Waals surface area contributed by atoms with E-state index in [1.165, 1.54) is 17.8 Å². The Morgan fingerprint density at radius 3 is 2.50 bits per heavy atom. The van der Waals surface area contributed by atoms with Crippen molar-refractivity contribution in [1.29, 1.82) is 0 Å². The number of benzene rings is 3. The van der Waals surface area contributed by atoms with Crippen LogP contribution in [0, 0.1) is 6.92 Å². The number of hydrogen-bond donors (Lipinski definition) is 1. The zero-order chi connectivity index (χ0) is 22.9. The lowest BCUT2D eigenvalue weighted by Gasteiger charge is -2.15. The first-order valence-electron chi connectivity index (χ1n) is 10.2. The summed E-state index contributed by atoms with van der Waals surface area (Å²) in [6, 6.07) is 17.5. The fraction of sp³-hybridized carbons (Fsp3) is 0.200. The Kier molecular flexibility index (Phi) is 6.11. The summed E-state index contributed by atoms with van der Waals surface area (Å²) >= 11 is 1.34. The SMILES string of the molecule is CCSc1nc2cc(C(F)(F)F)ccc2c(C)c1C(=O)NCc1ccc2ccccc2c1. The van der Waals surface area contributed by atoms with Gasteiger partial charge < -0.3 is 5.32 Å². The molecule has 0 atom stereocenters. The molecule has 3 nitrogen and oxygen atoms in total. The highest BCUT2D eigenvalue weighted by Crippen LogP contribution is 2.34. The maximum absolute atomic E-state index is 13.1. The summed E-state index contributed by atoms with van der Waals surface area (Å²) in [6.45, 7) is 4.00. The van der Waals surface area contributed by atoms with Gasteiger partial charge in [-0.3, -0.25) is 4.79 Å².